The number of para-hydroxylation sites is 1. The van der Waals surface area contributed by atoms with Gasteiger partial charge in [-0.1, -0.05) is 12.1 Å². The monoisotopic (exact) mass is 311 g/mol. The molecule has 0 atom stereocenters. The van der Waals surface area contributed by atoms with Crippen molar-refractivity contribution in [1.82, 2.24) is 14.5 Å². The molecule has 4 nitrogen and oxygen atoms in total. The molecule has 3 rings (SSSR count). The van der Waals surface area contributed by atoms with Gasteiger partial charge in [0.2, 0.25) is 0 Å². The second kappa shape index (κ2) is 5.85. The lowest BCUT2D eigenvalue weighted by molar-refractivity contribution is 0.462. The second-order valence-electron chi connectivity index (χ2n) is 5.03. The SMILES string of the molecule is CCN(CC)C(=S)n1c2ccccc2c(=O)c2cnccc21. The third-order valence-electron chi connectivity index (χ3n) is 3.90. The number of fused-ring (bicyclic) bond motifs is 2. The van der Waals surface area contributed by atoms with E-state index in [1.807, 2.05) is 34.9 Å². The van der Waals surface area contributed by atoms with E-state index in [0.717, 1.165) is 24.1 Å². The van der Waals surface area contributed by atoms with Crippen LogP contribution in [0.15, 0.2) is 47.5 Å². The number of nitrogens with zero attached hydrogens (tertiary/aromatic N) is 3. The molecule has 112 valence electrons. The smallest absolute Gasteiger partial charge is 0.198 e. The van der Waals surface area contributed by atoms with E-state index in [0.29, 0.717) is 15.9 Å². The summed E-state index contributed by atoms with van der Waals surface area (Å²) in [6.07, 6.45) is 3.31. The van der Waals surface area contributed by atoms with E-state index in [4.69, 9.17) is 12.2 Å². The Morgan fingerprint density at radius 1 is 1.14 bits per heavy atom. The largest absolute Gasteiger partial charge is 0.349 e. The summed E-state index contributed by atoms with van der Waals surface area (Å²) in [5.41, 5.74) is 1.64. The Hall–Kier alpha value is -2.27. The van der Waals surface area contributed by atoms with E-state index in [1.165, 1.54) is 0 Å². The van der Waals surface area contributed by atoms with Gasteiger partial charge in [0, 0.05) is 30.9 Å². The molecule has 0 N–H and O–H groups in total. The van der Waals surface area contributed by atoms with Crippen molar-refractivity contribution in [1.29, 1.82) is 0 Å². The van der Waals surface area contributed by atoms with Gasteiger partial charge in [0.15, 0.2) is 10.5 Å². The molecular formula is C17H17N3OS. The lowest BCUT2D eigenvalue weighted by Gasteiger charge is -2.25. The number of pyridine rings is 2. The van der Waals surface area contributed by atoms with Gasteiger partial charge in [-0.25, -0.2) is 0 Å². The number of hydrogen-bond donors (Lipinski definition) is 0. The summed E-state index contributed by atoms with van der Waals surface area (Å²) in [6.45, 7) is 5.79. The van der Waals surface area contributed by atoms with Crippen LogP contribution in [0.3, 0.4) is 0 Å². The molecule has 0 spiro atoms. The van der Waals surface area contributed by atoms with E-state index in [9.17, 15) is 4.79 Å². The van der Waals surface area contributed by atoms with Gasteiger partial charge < -0.3 is 4.90 Å². The molecule has 22 heavy (non-hydrogen) atoms. The molecule has 0 saturated heterocycles. The Bertz CT molecular complexity index is 853. The van der Waals surface area contributed by atoms with Crippen molar-refractivity contribution in [3.8, 4) is 0 Å². The number of benzene rings is 1. The Morgan fingerprint density at radius 3 is 2.55 bits per heavy atom. The molecule has 5 heteroatoms. The summed E-state index contributed by atoms with van der Waals surface area (Å²) in [5, 5.41) is 1.96. The van der Waals surface area contributed by atoms with Crippen LogP contribution >= 0.6 is 12.2 Å². The Balaban J connectivity index is 2.47. The molecule has 2 aromatic heterocycles. The maximum absolute atomic E-state index is 12.7. The minimum atomic E-state index is -0.00250. The minimum Gasteiger partial charge on any atom is -0.349 e. The number of hydrogen-bond acceptors (Lipinski definition) is 3. The predicted octanol–water partition coefficient (Wildman–Crippen LogP) is 3.02. The number of rotatable bonds is 2. The van der Waals surface area contributed by atoms with Gasteiger partial charge in [-0.2, -0.15) is 0 Å². The highest BCUT2D eigenvalue weighted by molar-refractivity contribution is 7.80. The fourth-order valence-electron chi connectivity index (χ4n) is 2.73. The molecule has 3 aromatic rings. The summed E-state index contributed by atoms with van der Waals surface area (Å²) in [5.74, 6) is 0. The maximum Gasteiger partial charge on any atom is 0.198 e. The van der Waals surface area contributed by atoms with Crippen LogP contribution in [0.25, 0.3) is 21.8 Å². The topological polar surface area (TPSA) is 38.1 Å². The average Bonchev–Trinajstić information content (AvgIpc) is 2.56. The average molecular weight is 311 g/mol. The number of aromatic nitrogens is 2. The summed E-state index contributed by atoms with van der Waals surface area (Å²) >= 11 is 5.70. The van der Waals surface area contributed by atoms with Gasteiger partial charge in [0.25, 0.3) is 0 Å². The van der Waals surface area contributed by atoms with Crippen molar-refractivity contribution in [2.75, 3.05) is 13.1 Å². The highest BCUT2D eigenvalue weighted by atomic mass is 32.1. The van der Waals surface area contributed by atoms with Crippen LogP contribution in [-0.2, 0) is 0 Å². The molecule has 2 heterocycles. The van der Waals surface area contributed by atoms with Gasteiger partial charge in [-0.3, -0.25) is 14.3 Å². The van der Waals surface area contributed by atoms with Crippen LogP contribution < -0.4 is 5.43 Å². The molecule has 1 aromatic carbocycles. The van der Waals surface area contributed by atoms with Crippen LogP contribution in [0.5, 0.6) is 0 Å². The zero-order valence-electron chi connectivity index (χ0n) is 12.6. The van der Waals surface area contributed by atoms with Crippen molar-refractivity contribution >= 4 is 39.1 Å². The first-order valence-corrected chi connectivity index (χ1v) is 7.76. The van der Waals surface area contributed by atoms with Crippen LogP contribution in [0.1, 0.15) is 13.8 Å². The predicted molar refractivity (Wildman–Crippen MR) is 94.4 cm³/mol. The van der Waals surface area contributed by atoms with Crippen LogP contribution in [0, 0.1) is 0 Å². The van der Waals surface area contributed by atoms with E-state index in [2.05, 4.69) is 23.7 Å². The Kier molecular flexibility index (Phi) is 3.90. The molecule has 0 radical (unpaired) electrons. The van der Waals surface area contributed by atoms with Gasteiger partial charge in [-0.05, 0) is 44.3 Å². The van der Waals surface area contributed by atoms with Crippen molar-refractivity contribution in [3.05, 3.63) is 52.9 Å². The summed E-state index contributed by atoms with van der Waals surface area (Å²) in [4.78, 5) is 18.9. The van der Waals surface area contributed by atoms with E-state index < -0.39 is 0 Å². The fourth-order valence-corrected chi connectivity index (χ4v) is 3.19. The molecule has 0 aliphatic rings. The van der Waals surface area contributed by atoms with E-state index in [-0.39, 0.29) is 5.43 Å². The summed E-state index contributed by atoms with van der Waals surface area (Å²) in [7, 11) is 0. The quantitative estimate of drug-likeness (QED) is 0.538. The minimum absolute atomic E-state index is 0.00250. The zero-order chi connectivity index (χ0) is 15.7. The molecule has 0 aliphatic carbocycles. The normalized spacial score (nSPS) is 11.0. The molecule has 0 bridgehead atoms. The van der Waals surface area contributed by atoms with Crippen molar-refractivity contribution < 1.29 is 0 Å². The summed E-state index contributed by atoms with van der Waals surface area (Å²) < 4.78 is 1.98. The standard InChI is InChI=1S/C17H17N3OS/c1-3-19(4-2)17(22)20-14-8-6-5-7-12(14)16(21)13-11-18-10-9-15(13)20/h5-11H,3-4H2,1-2H3. The van der Waals surface area contributed by atoms with Crippen molar-refractivity contribution in [3.63, 3.8) is 0 Å². The molecule has 0 saturated carbocycles. The molecule has 0 fully saturated rings. The van der Waals surface area contributed by atoms with Crippen molar-refractivity contribution in [2.45, 2.75) is 13.8 Å². The molecule has 0 amide bonds. The van der Waals surface area contributed by atoms with Gasteiger partial charge >= 0.3 is 0 Å². The number of thiocarbonyl (C=S) groups is 1. The van der Waals surface area contributed by atoms with Gasteiger partial charge in [-0.15, -0.1) is 0 Å². The fraction of sp³-hybridized carbons (Fsp3) is 0.235. The lowest BCUT2D eigenvalue weighted by atomic mass is 10.1. The first-order valence-electron chi connectivity index (χ1n) is 7.35. The second-order valence-corrected chi connectivity index (χ2v) is 5.39. The zero-order valence-corrected chi connectivity index (χ0v) is 13.4. The summed E-state index contributed by atoms with van der Waals surface area (Å²) in [6, 6.07) is 9.42. The first-order chi connectivity index (χ1) is 10.7. The van der Waals surface area contributed by atoms with Crippen molar-refractivity contribution in [2.24, 2.45) is 0 Å². The maximum atomic E-state index is 12.7. The van der Waals surface area contributed by atoms with Crippen LogP contribution in [0.4, 0.5) is 0 Å². The third kappa shape index (κ3) is 2.18. The molecule has 0 aliphatic heterocycles. The highest BCUT2D eigenvalue weighted by Crippen LogP contribution is 2.19. The van der Waals surface area contributed by atoms with Crippen LogP contribution in [-0.4, -0.2) is 32.7 Å². The third-order valence-corrected chi connectivity index (χ3v) is 4.34. The first kappa shape index (κ1) is 14.7. The molecular weight excluding hydrogens is 294 g/mol. The van der Waals surface area contributed by atoms with Gasteiger partial charge in [0.1, 0.15) is 0 Å². The lowest BCUT2D eigenvalue weighted by Crippen LogP contribution is -2.35. The highest BCUT2D eigenvalue weighted by Gasteiger charge is 2.16. The Morgan fingerprint density at radius 2 is 1.82 bits per heavy atom. The van der Waals surface area contributed by atoms with Gasteiger partial charge in [0.05, 0.1) is 16.4 Å². The van der Waals surface area contributed by atoms with Crippen LogP contribution in [0.2, 0.25) is 0 Å². The van der Waals surface area contributed by atoms with E-state index >= 15 is 0 Å². The molecule has 0 unspecified atom stereocenters. The Labute approximate surface area is 134 Å². The van der Waals surface area contributed by atoms with E-state index in [1.54, 1.807) is 12.4 Å².